The highest BCUT2D eigenvalue weighted by molar-refractivity contribution is 6.27. The SMILES string of the molecule is [C-]#[N+]c1cc(-c2nc(-c3ccccc3)nc(-c3ccc4c(c3)oc3ccccc34)n2)c(-n2c3ccc(-c4ccccc4)cc3c3c4oc5ccc(-c6ccccc6)cc5c4ccc32)c(-n2c3ccc(-c4ccccc4)cc3c3c4oc5ccc(-c6ccccc6)cc5c4ccc32)c1-c1ccccc1. The summed E-state index contributed by atoms with van der Waals surface area (Å²) in [6.45, 7) is 9.63. The molecule has 9 nitrogen and oxygen atoms in total. The number of aromatic nitrogens is 5. The van der Waals surface area contributed by atoms with Gasteiger partial charge in [-0.1, -0.05) is 231 Å². The maximum absolute atomic E-state index is 9.63. The fourth-order valence-corrected chi connectivity index (χ4v) is 15.8. The first-order chi connectivity index (χ1) is 51.0. The second-order valence-electron chi connectivity index (χ2n) is 26.4. The normalized spacial score (nSPS) is 11.9. The Morgan fingerprint density at radius 2 is 0.631 bits per heavy atom. The first kappa shape index (κ1) is 57.8. The fraction of sp³-hybridized carbons (Fsp3) is 0. The van der Waals surface area contributed by atoms with Gasteiger partial charge >= 0.3 is 0 Å². The lowest BCUT2D eigenvalue weighted by Gasteiger charge is -2.25. The summed E-state index contributed by atoms with van der Waals surface area (Å²) in [5, 5.41) is 9.76. The van der Waals surface area contributed by atoms with E-state index in [1.807, 2.05) is 72.8 Å². The molecule has 0 bridgehead atoms. The van der Waals surface area contributed by atoms with Gasteiger partial charge in [0.05, 0.1) is 50.8 Å². The van der Waals surface area contributed by atoms with Gasteiger partial charge in [0.25, 0.3) is 0 Å². The number of nitrogens with zero attached hydrogens (tertiary/aromatic N) is 6. The van der Waals surface area contributed by atoms with E-state index in [4.69, 9.17) is 28.2 Å². The fourth-order valence-electron chi connectivity index (χ4n) is 15.8. The third kappa shape index (κ3) is 9.15. The highest BCUT2D eigenvalue weighted by Gasteiger charge is 2.32. The van der Waals surface area contributed by atoms with Gasteiger partial charge in [-0.15, -0.1) is 0 Å². The largest absolute Gasteiger partial charge is 0.456 e. The molecule has 0 amide bonds. The molecule has 0 radical (unpaired) electrons. The Labute approximate surface area is 589 Å². The van der Waals surface area contributed by atoms with Crippen molar-refractivity contribution in [2.75, 3.05) is 0 Å². The van der Waals surface area contributed by atoms with Crippen LogP contribution in [0.5, 0.6) is 0 Å². The van der Waals surface area contributed by atoms with Crippen LogP contribution in [0, 0.1) is 6.57 Å². The zero-order valence-corrected chi connectivity index (χ0v) is 55.1. The van der Waals surface area contributed by atoms with E-state index in [-0.39, 0.29) is 0 Å². The summed E-state index contributed by atoms with van der Waals surface area (Å²) < 4.78 is 26.0. The highest BCUT2D eigenvalue weighted by Crippen LogP contribution is 2.53. The van der Waals surface area contributed by atoms with Crippen molar-refractivity contribution in [3.05, 3.63) is 339 Å². The maximum Gasteiger partial charge on any atom is 0.197 e. The van der Waals surface area contributed by atoms with Crippen LogP contribution in [-0.4, -0.2) is 24.1 Å². The molecule has 478 valence electrons. The van der Waals surface area contributed by atoms with Gasteiger partial charge in [0.2, 0.25) is 0 Å². The molecule has 21 rings (SSSR count). The summed E-state index contributed by atoms with van der Waals surface area (Å²) in [7, 11) is 0. The minimum atomic E-state index is 0.351. The summed E-state index contributed by atoms with van der Waals surface area (Å²) in [4.78, 5) is 21.4. The lowest BCUT2D eigenvalue weighted by atomic mass is 9.95. The lowest BCUT2D eigenvalue weighted by Crippen LogP contribution is -2.10. The van der Waals surface area contributed by atoms with Gasteiger partial charge in [-0.3, -0.25) is 0 Å². The Hall–Kier alpha value is -14.2. The number of benzene rings is 15. The van der Waals surface area contributed by atoms with E-state index in [0.717, 1.165) is 171 Å². The first-order valence-electron chi connectivity index (χ1n) is 34.5. The van der Waals surface area contributed by atoms with E-state index < -0.39 is 0 Å². The van der Waals surface area contributed by atoms with E-state index >= 15 is 0 Å². The van der Waals surface area contributed by atoms with E-state index in [1.165, 1.54) is 0 Å². The molecule has 9 heteroatoms. The second kappa shape index (κ2) is 22.9. The molecule has 0 spiro atoms. The predicted molar refractivity (Wildman–Crippen MR) is 420 cm³/mol. The molecule has 6 aromatic heterocycles. The average molecular weight is 1320 g/mol. The number of furan rings is 3. The molecule has 0 aliphatic rings. The summed E-state index contributed by atoms with van der Waals surface area (Å²) in [5.74, 6) is 1.23. The van der Waals surface area contributed by atoms with Crippen LogP contribution in [0.2, 0.25) is 0 Å². The van der Waals surface area contributed by atoms with Crippen LogP contribution < -0.4 is 0 Å². The molecule has 21 aromatic rings. The summed E-state index contributed by atoms with van der Waals surface area (Å²) in [6.07, 6.45) is 0. The Balaban J connectivity index is 0.951. The van der Waals surface area contributed by atoms with E-state index in [0.29, 0.717) is 45.6 Å². The van der Waals surface area contributed by atoms with Gasteiger partial charge in [-0.25, -0.2) is 19.8 Å². The lowest BCUT2D eigenvalue weighted by molar-refractivity contribution is 0.669. The molecule has 6 heterocycles. The van der Waals surface area contributed by atoms with Crippen molar-refractivity contribution >= 4 is 115 Å². The van der Waals surface area contributed by atoms with E-state index in [9.17, 15) is 6.57 Å². The van der Waals surface area contributed by atoms with Crippen LogP contribution in [0.3, 0.4) is 0 Å². The Morgan fingerprint density at radius 3 is 1.14 bits per heavy atom. The van der Waals surface area contributed by atoms with Gasteiger partial charge in [-0.2, -0.15) is 0 Å². The molecule has 0 saturated carbocycles. The molecule has 15 aromatic carbocycles. The molecule has 0 atom stereocenters. The number of hydrogen-bond donors (Lipinski definition) is 0. The van der Waals surface area contributed by atoms with Crippen LogP contribution in [0.1, 0.15) is 0 Å². The molecule has 103 heavy (non-hydrogen) atoms. The average Bonchev–Trinajstić information content (AvgIpc) is 1.56. The number of para-hydroxylation sites is 1. The number of rotatable bonds is 10. The van der Waals surface area contributed by atoms with Crippen molar-refractivity contribution in [2.45, 2.75) is 0 Å². The third-order valence-corrected chi connectivity index (χ3v) is 20.6. The van der Waals surface area contributed by atoms with Crippen LogP contribution in [0.15, 0.2) is 341 Å². The van der Waals surface area contributed by atoms with Gasteiger partial charge < -0.3 is 22.4 Å². The maximum atomic E-state index is 9.63. The van der Waals surface area contributed by atoms with Crippen molar-refractivity contribution < 1.29 is 13.3 Å². The van der Waals surface area contributed by atoms with Gasteiger partial charge in [0.1, 0.15) is 33.5 Å². The molecular weight excluding hydrogens is 1260 g/mol. The van der Waals surface area contributed by atoms with E-state index in [1.54, 1.807) is 0 Å². The quantitative estimate of drug-likeness (QED) is 0.127. The molecule has 0 N–H and O–H groups in total. The Morgan fingerprint density at radius 1 is 0.252 bits per heavy atom. The van der Waals surface area contributed by atoms with Crippen molar-refractivity contribution in [3.63, 3.8) is 0 Å². The van der Waals surface area contributed by atoms with Crippen LogP contribution in [-0.2, 0) is 0 Å². The standard InChI is InChI=1S/C94H54N6O3/c1-95-76-55-75(94-97-92(61-32-18-7-19-33-61)96-93(98-94)66-36-41-68-67-34-20-21-35-81(67)101-84(68)54-66)88(99-77-44-37-62(56-22-8-2-9-23-56)52-73(77)86-79(99)46-42-69-71-50-64(58-26-12-4-13-27-58)39-48-82(71)102-90(69)86)89(85(76)60-30-16-6-17-31-60)100-78-45-38-63(57-24-10-3-11-25-57)53-74(78)87-80(100)47-43-70-72-51-65(59-28-14-5-15-29-59)40-49-83(72)103-91(70)87/h2-55H. The predicted octanol–water partition coefficient (Wildman–Crippen LogP) is 25.7. The molecule has 0 aliphatic carbocycles. The number of hydrogen-bond acceptors (Lipinski definition) is 6. The van der Waals surface area contributed by atoms with Crippen molar-refractivity contribution in [3.8, 4) is 101 Å². The Kier molecular flexibility index (Phi) is 12.9. The van der Waals surface area contributed by atoms with Gasteiger partial charge in [0.15, 0.2) is 23.2 Å². The van der Waals surface area contributed by atoms with Crippen molar-refractivity contribution in [2.24, 2.45) is 0 Å². The van der Waals surface area contributed by atoms with E-state index in [2.05, 4.69) is 269 Å². The van der Waals surface area contributed by atoms with Gasteiger partial charge in [0, 0.05) is 65.3 Å². The monoisotopic (exact) mass is 1310 g/mol. The minimum Gasteiger partial charge on any atom is -0.456 e. The summed E-state index contributed by atoms with van der Waals surface area (Å²) in [5.41, 5.74) is 22.2. The van der Waals surface area contributed by atoms with Crippen molar-refractivity contribution in [1.29, 1.82) is 0 Å². The molecule has 0 saturated heterocycles. The zero-order valence-electron chi connectivity index (χ0n) is 55.1. The minimum absolute atomic E-state index is 0.351. The highest BCUT2D eigenvalue weighted by atomic mass is 16.3. The Bertz CT molecular complexity index is 7090. The van der Waals surface area contributed by atoms with Crippen molar-refractivity contribution in [1.82, 2.24) is 24.1 Å². The zero-order chi connectivity index (χ0) is 67.8. The topological polar surface area (TPSA) is 92.3 Å². The second-order valence-corrected chi connectivity index (χ2v) is 26.4. The molecule has 0 unspecified atom stereocenters. The summed E-state index contributed by atoms with van der Waals surface area (Å²) >= 11 is 0. The molecule has 0 fully saturated rings. The number of fused-ring (bicyclic) bond motifs is 17. The van der Waals surface area contributed by atoms with Crippen LogP contribution in [0.4, 0.5) is 5.69 Å². The van der Waals surface area contributed by atoms with Gasteiger partial charge in [-0.05, 0) is 147 Å². The third-order valence-electron chi connectivity index (χ3n) is 20.6. The molecular formula is C94H54N6O3. The first-order valence-corrected chi connectivity index (χ1v) is 34.5. The smallest absolute Gasteiger partial charge is 0.197 e. The van der Waals surface area contributed by atoms with Crippen LogP contribution in [0.25, 0.3) is 215 Å². The van der Waals surface area contributed by atoms with Crippen LogP contribution >= 0.6 is 0 Å². The molecule has 0 aliphatic heterocycles. The summed E-state index contributed by atoms with van der Waals surface area (Å²) in [6, 6.07) is 114.